The summed E-state index contributed by atoms with van der Waals surface area (Å²) in [5.74, 6) is -0.627. The largest absolute Gasteiger partial charge is 0.417 e. The molecular weight excluding hydrogens is 488 g/mol. The predicted octanol–water partition coefficient (Wildman–Crippen LogP) is 3.85. The number of fused-ring (bicyclic) bond motifs is 3. The van der Waals surface area contributed by atoms with Crippen LogP contribution >= 0.6 is 0 Å². The number of nitrogens with zero attached hydrogens (tertiary/aromatic N) is 4. The molecule has 184 valence electrons. The number of pyridine rings is 1. The monoisotopic (exact) mass is 508 g/mol. The van der Waals surface area contributed by atoms with E-state index in [9.17, 15) is 21.6 Å². The van der Waals surface area contributed by atoms with Crippen molar-refractivity contribution in [1.82, 2.24) is 15.0 Å². The highest BCUT2D eigenvalue weighted by atomic mass is 32.2. The van der Waals surface area contributed by atoms with Gasteiger partial charge in [-0.2, -0.15) is 13.2 Å². The van der Waals surface area contributed by atoms with Crippen molar-refractivity contribution in [2.45, 2.75) is 48.4 Å². The zero-order valence-corrected chi connectivity index (χ0v) is 19.4. The maximum Gasteiger partial charge on any atom is 0.417 e. The fourth-order valence-electron chi connectivity index (χ4n) is 4.87. The number of sulfone groups is 1. The van der Waals surface area contributed by atoms with E-state index in [0.29, 0.717) is 18.3 Å². The van der Waals surface area contributed by atoms with Crippen LogP contribution in [-0.4, -0.2) is 39.2 Å². The Balaban J connectivity index is 1.57. The Hall–Kier alpha value is -3.35. The number of aromatic nitrogens is 3. The standard InChI is InChI=1S/C22H20F4N6O2S/c1-20-6-5-16(35(20,33)34)21(2,32-19(20)27)13-8-12(3-4-14(13)23)31-18-17-15(29-10-30-18)7-11(9-28-17)22(24,25)26/h3-4,7-10,16H,5-6H2,1-2H3,(H2,27,32)(H,29,30,31)/t16-,20+,21+/m0/s1. The number of hydrogen-bond donors (Lipinski definition) is 2. The van der Waals surface area contributed by atoms with Gasteiger partial charge in [-0.25, -0.2) is 22.8 Å². The molecule has 0 unspecified atom stereocenters. The first-order valence-electron chi connectivity index (χ1n) is 10.6. The van der Waals surface area contributed by atoms with E-state index in [1.165, 1.54) is 26.0 Å². The molecule has 3 atom stereocenters. The van der Waals surface area contributed by atoms with Crippen LogP contribution in [0.2, 0.25) is 0 Å². The Kier molecular flexibility index (Phi) is 4.90. The van der Waals surface area contributed by atoms with Crippen LogP contribution in [0.4, 0.5) is 29.1 Å². The van der Waals surface area contributed by atoms with Crippen molar-refractivity contribution in [2.24, 2.45) is 10.7 Å². The van der Waals surface area contributed by atoms with Crippen LogP contribution in [0.15, 0.2) is 41.8 Å². The van der Waals surface area contributed by atoms with Crippen LogP contribution in [-0.2, 0) is 21.6 Å². The van der Waals surface area contributed by atoms with Crippen molar-refractivity contribution in [2.75, 3.05) is 5.32 Å². The summed E-state index contributed by atoms with van der Waals surface area (Å²) in [6, 6.07) is 4.81. The Morgan fingerprint density at radius 1 is 1.14 bits per heavy atom. The highest BCUT2D eigenvalue weighted by Gasteiger charge is 2.63. The third-order valence-corrected chi connectivity index (χ3v) is 10.1. The Morgan fingerprint density at radius 2 is 1.89 bits per heavy atom. The maximum atomic E-state index is 15.1. The third kappa shape index (κ3) is 3.35. The van der Waals surface area contributed by atoms with E-state index in [1.807, 2.05) is 0 Å². The van der Waals surface area contributed by atoms with Gasteiger partial charge >= 0.3 is 6.18 Å². The second-order valence-electron chi connectivity index (χ2n) is 9.08. The summed E-state index contributed by atoms with van der Waals surface area (Å²) >= 11 is 0. The average Bonchev–Trinajstić information content (AvgIpc) is 2.97. The van der Waals surface area contributed by atoms with E-state index in [2.05, 4.69) is 25.3 Å². The van der Waals surface area contributed by atoms with Crippen molar-refractivity contribution >= 4 is 38.2 Å². The summed E-state index contributed by atoms with van der Waals surface area (Å²) in [6.07, 6.45) is -2.26. The lowest BCUT2D eigenvalue weighted by Gasteiger charge is -2.39. The number of hydrogen-bond acceptors (Lipinski definition) is 8. The van der Waals surface area contributed by atoms with Gasteiger partial charge in [0.2, 0.25) is 0 Å². The molecule has 0 amide bonds. The number of nitrogens with two attached hydrogens (primary N) is 1. The van der Waals surface area contributed by atoms with Crippen LogP contribution in [0, 0.1) is 5.82 Å². The van der Waals surface area contributed by atoms with Crippen LogP contribution in [0.5, 0.6) is 0 Å². The Morgan fingerprint density at radius 3 is 2.60 bits per heavy atom. The molecule has 0 radical (unpaired) electrons. The van der Waals surface area contributed by atoms with E-state index < -0.39 is 42.9 Å². The molecule has 1 fully saturated rings. The molecule has 0 spiro atoms. The smallest absolute Gasteiger partial charge is 0.386 e. The Labute approximate surface area is 197 Å². The summed E-state index contributed by atoms with van der Waals surface area (Å²) in [7, 11) is -3.73. The molecule has 35 heavy (non-hydrogen) atoms. The first kappa shape index (κ1) is 23.4. The van der Waals surface area contributed by atoms with Crippen molar-refractivity contribution in [3.63, 3.8) is 0 Å². The lowest BCUT2D eigenvalue weighted by Crippen LogP contribution is -2.55. The highest BCUT2D eigenvalue weighted by Crippen LogP contribution is 2.51. The first-order valence-corrected chi connectivity index (χ1v) is 12.2. The van der Waals surface area contributed by atoms with Gasteiger partial charge in [0.1, 0.15) is 33.8 Å². The quantitative estimate of drug-likeness (QED) is 0.515. The normalized spacial score (nSPS) is 27.6. The first-order chi connectivity index (χ1) is 16.3. The van der Waals surface area contributed by atoms with Crippen molar-refractivity contribution in [3.8, 4) is 0 Å². The molecule has 2 aromatic heterocycles. The number of benzene rings is 1. The molecule has 2 bridgehead atoms. The highest BCUT2D eigenvalue weighted by molar-refractivity contribution is 7.94. The van der Waals surface area contributed by atoms with Crippen LogP contribution in [0.25, 0.3) is 11.0 Å². The summed E-state index contributed by atoms with van der Waals surface area (Å²) in [4.78, 5) is 16.2. The third-order valence-electron chi connectivity index (χ3n) is 6.98. The van der Waals surface area contributed by atoms with Crippen LogP contribution in [0.1, 0.15) is 37.8 Å². The number of halogens is 4. The molecular formula is C22H20F4N6O2S. The zero-order valence-electron chi connectivity index (χ0n) is 18.6. The lowest BCUT2D eigenvalue weighted by molar-refractivity contribution is -0.137. The fourth-order valence-corrected chi connectivity index (χ4v) is 7.45. The molecule has 3 aromatic rings. The minimum Gasteiger partial charge on any atom is -0.386 e. The number of rotatable bonds is 3. The van der Waals surface area contributed by atoms with Crippen molar-refractivity contribution in [1.29, 1.82) is 0 Å². The summed E-state index contributed by atoms with van der Waals surface area (Å²) in [6.45, 7) is 3.07. The molecule has 4 heterocycles. The molecule has 3 N–H and O–H groups in total. The average molecular weight is 509 g/mol. The summed E-state index contributed by atoms with van der Waals surface area (Å²) < 4.78 is 79.3. The molecule has 1 aromatic carbocycles. The van der Waals surface area contributed by atoms with Gasteiger partial charge in [0, 0.05) is 17.4 Å². The van der Waals surface area contributed by atoms with Crippen molar-refractivity contribution < 1.29 is 26.0 Å². The summed E-state index contributed by atoms with van der Waals surface area (Å²) in [5, 5.41) is 1.96. The Bertz CT molecular complexity index is 1510. The number of nitrogens with one attached hydrogen (secondary N) is 1. The van der Waals surface area contributed by atoms with Gasteiger partial charge < -0.3 is 11.1 Å². The molecule has 8 nitrogen and oxygen atoms in total. The van der Waals surface area contributed by atoms with Gasteiger partial charge in [-0.3, -0.25) is 9.98 Å². The second kappa shape index (κ2) is 7.33. The van der Waals surface area contributed by atoms with Gasteiger partial charge in [-0.1, -0.05) is 0 Å². The van der Waals surface area contributed by atoms with E-state index >= 15 is 4.39 Å². The maximum absolute atomic E-state index is 15.1. The van der Waals surface area contributed by atoms with Gasteiger partial charge in [-0.15, -0.1) is 0 Å². The minimum atomic E-state index is -4.58. The van der Waals surface area contributed by atoms with E-state index in [4.69, 9.17) is 5.73 Å². The molecule has 5 rings (SSSR count). The molecule has 2 aliphatic rings. The SMILES string of the molecule is C[C@]1(c2cc(Nc3ncnc4cc(C(F)(F)F)cnc34)ccc2F)N=C(N)[C@@]2(C)CC[C@@H]1S2(=O)=O. The lowest BCUT2D eigenvalue weighted by atomic mass is 9.86. The van der Waals surface area contributed by atoms with Crippen LogP contribution in [0.3, 0.4) is 0 Å². The van der Waals surface area contributed by atoms with Crippen LogP contribution < -0.4 is 11.1 Å². The number of aliphatic imine (C=N–C) groups is 1. The van der Waals surface area contributed by atoms with Gasteiger partial charge in [0.25, 0.3) is 0 Å². The molecule has 13 heteroatoms. The molecule has 2 aliphatic heterocycles. The second-order valence-corrected chi connectivity index (χ2v) is 11.6. The van der Waals surface area contributed by atoms with Gasteiger partial charge in [0.05, 0.1) is 16.3 Å². The molecule has 0 saturated carbocycles. The number of anilines is 2. The topological polar surface area (TPSA) is 123 Å². The fraction of sp³-hybridized carbons (Fsp3) is 0.364. The predicted molar refractivity (Wildman–Crippen MR) is 121 cm³/mol. The number of amidine groups is 1. The molecule has 0 aliphatic carbocycles. The minimum absolute atomic E-state index is 0.0219. The van der Waals surface area contributed by atoms with E-state index in [-0.39, 0.29) is 34.7 Å². The zero-order chi connectivity index (χ0) is 25.4. The van der Waals surface area contributed by atoms with Gasteiger partial charge in [0.15, 0.2) is 15.7 Å². The summed E-state index contributed by atoms with van der Waals surface area (Å²) in [5.41, 5.74) is 4.03. The number of alkyl halides is 3. The van der Waals surface area contributed by atoms with Gasteiger partial charge in [-0.05, 0) is 51.0 Å². The molecule has 1 saturated heterocycles. The van der Waals surface area contributed by atoms with Crippen molar-refractivity contribution in [3.05, 3.63) is 53.7 Å². The van der Waals surface area contributed by atoms with E-state index in [0.717, 1.165) is 18.5 Å². The van der Waals surface area contributed by atoms with E-state index in [1.54, 1.807) is 0 Å².